The Bertz CT molecular complexity index is 581. The number of aromatic nitrogens is 1. The van der Waals surface area contributed by atoms with E-state index < -0.39 is 0 Å². The van der Waals surface area contributed by atoms with Crippen molar-refractivity contribution in [1.82, 2.24) is 4.98 Å². The highest BCUT2D eigenvalue weighted by Gasteiger charge is 2.20. The van der Waals surface area contributed by atoms with Crippen molar-refractivity contribution in [3.63, 3.8) is 0 Å². The molecule has 1 unspecified atom stereocenters. The number of ether oxygens (including phenoxy) is 2. The molecule has 2 N–H and O–H groups in total. The van der Waals surface area contributed by atoms with Gasteiger partial charge in [-0.05, 0) is 12.0 Å². The van der Waals surface area contributed by atoms with Gasteiger partial charge >= 0.3 is 0 Å². The first-order valence-corrected chi connectivity index (χ1v) is 7.38. The minimum atomic E-state index is -0.308. The van der Waals surface area contributed by atoms with E-state index in [0.29, 0.717) is 17.4 Å². The zero-order valence-electron chi connectivity index (χ0n) is 12.2. The standard InChI is InChI=1S/C15H20N2O2S/c1-9(2)11-8-20-15(17-11)13(16)10-6-5-7-12(18-3)14(10)19-4/h5-9,13H,16H2,1-4H3. The van der Waals surface area contributed by atoms with Crippen LogP contribution in [-0.4, -0.2) is 19.2 Å². The number of para-hydroxylation sites is 1. The normalized spacial score (nSPS) is 12.5. The number of nitrogens with zero attached hydrogens (tertiary/aromatic N) is 1. The number of rotatable bonds is 5. The van der Waals surface area contributed by atoms with Gasteiger partial charge in [0.25, 0.3) is 0 Å². The van der Waals surface area contributed by atoms with Crippen LogP contribution in [0.3, 0.4) is 0 Å². The van der Waals surface area contributed by atoms with E-state index in [9.17, 15) is 0 Å². The summed E-state index contributed by atoms with van der Waals surface area (Å²) in [7, 11) is 3.24. The molecular formula is C15H20N2O2S. The van der Waals surface area contributed by atoms with Crippen molar-refractivity contribution in [1.29, 1.82) is 0 Å². The van der Waals surface area contributed by atoms with Crippen molar-refractivity contribution >= 4 is 11.3 Å². The molecule has 0 saturated carbocycles. The van der Waals surface area contributed by atoms with Gasteiger partial charge in [-0.2, -0.15) is 0 Å². The third-order valence-corrected chi connectivity index (χ3v) is 4.11. The lowest BCUT2D eigenvalue weighted by atomic mass is 10.1. The number of benzene rings is 1. The summed E-state index contributed by atoms with van der Waals surface area (Å²) in [4.78, 5) is 4.61. The van der Waals surface area contributed by atoms with E-state index >= 15 is 0 Å². The van der Waals surface area contributed by atoms with Gasteiger partial charge in [0.2, 0.25) is 0 Å². The fraction of sp³-hybridized carbons (Fsp3) is 0.400. The summed E-state index contributed by atoms with van der Waals surface area (Å²) in [5, 5.41) is 2.95. The summed E-state index contributed by atoms with van der Waals surface area (Å²) in [6, 6.07) is 5.41. The molecule has 1 atom stereocenters. The lowest BCUT2D eigenvalue weighted by molar-refractivity contribution is 0.350. The SMILES string of the molecule is COc1cccc(C(N)c2nc(C(C)C)cs2)c1OC. The molecule has 0 aliphatic heterocycles. The fourth-order valence-electron chi connectivity index (χ4n) is 2.00. The molecule has 2 rings (SSSR count). The molecular weight excluding hydrogens is 272 g/mol. The Morgan fingerprint density at radius 1 is 1.20 bits per heavy atom. The molecule has 4 nitrogen and oxygen atoms in total. The Balaban J connectivity index is 2.39. The van der Waals surface area contributed by atoms with Crippen LogP contribution in [0.2, 0.25) is 0 Å². The third kappa shape index (κ3) is 2.78. The van der Waals surface area contributed by atoms with Crippen molar-refractivity contribution in [3.8, 4) is 11.5 Å². The van der Waals surface area contributed by atoms with Crippen LogP contribution in [0.4, 0.5) is 0 Å². The minimum Gasteiger partial charge on any atom is -0.493 e. The predicted octanol–water partition coefficient (Wildman–Crippen LogP) is 3.33. The van der Waals surface area contributed by atoms with Crippen LogP contribution in [0.5, 0.6) is 11.5 Å². The van der Waals surface area contributed by atoms with Gasteiger partial charge in [-0.25, -0.2) is 4.98 Å². The summed E-state index contributed by atoms with van der Waals surface area (Å²) in [5.41, 5.74) is 8.30. The highest BCUT2D eigenvalue weighted by molar-refractivity contribution is 7.09. The Morgan fingerprint density at radius 3 is 2.50 bits per heavy atom. The molecule has 1 aromatic carbocycles. The van der Waals surface area contributed by atoms with Crippen molar-refractivity contribution in [2.75, 3.05) is 14.2 Å². The van der Waals surface area contributed by atoms with E-state index in [1.54, 1.807) is 25.6 Å². The van der Waals surface area contributed by atoms with E-state index in [2.05, 4.69) is 24.2 Å². The van der Waals surface area contributed by atoms with Crippen molar-refractivity contribution in [2.24, 2.45) is 5.73 Å². The highest BCUT2D eigenvalue weighted by atomic mass is 32.1. The quantitative estimate of drug-likeness (QED) is 0.918. The number of hydrogen-bond acceptors (Lipinski definition) is 5. The van der Waals surface area contributed by atoms with Gasteiger partial charge in [0.1, 0.15) is 5.01 Å². The second-order valence-electron chi connectivity index (χ2n) is 4.83. The van der Waals surface area contributed by atoms with E-state index in [1.807, 2.05) is 18.2 Å². The first-order valence-electron chi connectivity index (χ1n) is 6.50. The minimum absolute atomic E-state index is 0.308. The molecule has 0 radical (unpaired) electrons. The van der Waals surface area contributed by atoms with Crippen LogP contribution in [0.1, 0.15) is 42.1 Å². The van der Waals surface area contributed by atoms with Crippen molar-refractivity contribution in [3.05, 3.63) is 39.8 Å². The Labute approximate surface area is 123 Å². The number of nitrogens with two attached hydrogens (primary N) is 1. The zero-order chi connectivity index (χ0) is 14.7. The second-order valence-corrected chi connectivity index (χ2v) is 5.72. The van der Waals surface area contributed by atoms with Crippen LogP contribution in [0.15, 0.2) is 23.6 Å². The van der Waals surface area contributed by atoms with Crippen molar-refractivity contribution in [2.45, 2.75) is 25.8 Å². The van der Waals surface area contributed by atoms with Gasteiger partial charge in [-0.15, -0.1) is 11.3 Å². The smallest absolute Gasteiger partial charge is 0.165 e. The third-order valence-electron chi connectivity index (χ3n) is 3.17. The van der Waals surface area contributed by atoms with E-state index in [0.717, 1.165) is 16.3 Å². The Hall–Kier alpha value is -1.59. The zero-order valence-corrected chi connectivity index (χ0v) is 13.0. The topological polar surface area (TPSA) is 57.4 Å². The molecule has 1 aromatic heterocycles. The maximum atomic E-state index is 6.34. The Morgan fingerprint density at radius 2 is 1.95 bits per heavy atom. The molecule has 0 saturated heterocycles. The summed E-state index contributed by atoms with van der Waals surface area (Å²) in [5.74, 6) is 1.75. The summed E-state index contributed by atoms with van der Waals surface area (Å²) in [6.07, 6.45) is 0. The molecule has 5 heteroatoms. The van der Waals surface area contributed by atoms with Crippen LogP contribution >= 0.6 is 11.3 Å². The number of hydrogen-bond donors (Lipinski definition) is 1. The number of thiazole rings is 1. The van der Waals surface area contributed by atoms with Crippen molar-refractivity contribution < 1.29 is 9.47 Å². The fourth-order valence-corrected chi connectivity index (χ4v) is 3.00. The van der Waals surface area contributed by atoms with Gasteiger partial charge in [0.05, 0.1) is 26.0 Å². The predicted molar refractivity (Wildman–Crippen MR) is 81.8 cm³/mol. The molecule has 0 bridgehead atoms. The van der Waals surface area contributed by atoms with E-state index in [1.165, 1.54) is 0 Å². The van der Waals surface area contributed by atoms with E-state index in [4.69, 9.17) is 15.2 Å². The first-order chi connectivity index (χ1) is 9.58. The maximum absolute atomic E-state index is 6.34. The van der Waals surface area contributed by atoms with Crippen LogP contribution in [0.25, 0.3) is 0 Å². The molecule has 0 aliphatic carbocycles. The average Bonchev–Trinajstić information content (AvgIpc) is 2.95. The van der Waals surface area contributed by atoms with Gasteiger partial charge in [-0.3, -0.25) is 0 Å². The molecule has 0 amide bonds. The van der Waals surface area contributed by atoms with Crippen LogP contribution in [-0.2, 0) is 0 Å². The van der Waals surface area contributed by atoms with Gasteiger partial charge in [-0.1, -0.05) is 26.0 Å². The molecule has 0 aliphatic rings. The maximum Gasteiger partial charge on any atom is 0.165 e. The molecule has 2 aromatic rings. The monoisotopic (exact) mass is 292 g/mol. The van der Waals surface area contributed by atoms with Gasteiger partial charge < -0.3 is 15.2 Å². The molecule has 0 spiro atoms. The van der Waals surface area contributed by atoms with Gasteiger partial charge in [0.15, 0.2) is 11.5 Å². The lowest BCUT2D eigenvalue weighted by Crippen LogP contribution is -2.13. The summed E-state index contributed by atoms with van der Waals surface area (Å²) < 4.78 is 10.7. The lowest BCUT2D eigenvalue weighted by Gasteiger charge is -2.16. The molecule has 20 heavy (non-hydrogen) atoms. The van der Waals surface area contributed by atoms with Gasteiger partial charge in [0, 0.05) is 10.9 Å². The Kier molecular flexibility index (Phi) is 4.62. The van der Waals surface area contributed by atoms with E-state index in [-0.39, 0.29) is 6.04 Å². The summed E-state index contributed by atoms with van der Waals surface area (Å²) in [6.45, 7) is 4.24. The molecule has 108 valence electrons. The molecule has 0 fully saturated rings. The molecule has 1 heterocycles. The number of methoxy groups -OCH3 is 2. The first kappa shape index (κ1) is 14.8. The average molecular weight is 292 g/mol. The summed E-state index contributed by atoms with van der Waals surface area (Å²) >= 11 is 1.58. The van der Waals surface area contributed by atoms with Crippen LogP contribution < -0.4 is 15.2 Å². The van der Waals surface area contributed by atoms with Crippen LogP contribution in [0, 0.1) is 0 Å². The highest BCUT2D eigenvalue weighted by Crippen LogP contribution is 2.37. The second kappa shape index (κ2) is 6.24. The largest absolute Gasteiger partial charge is 0.493 e.